The lowest BCUT2D eigenvalue weighted by Gasteiger charge is -2.16. The number of hydrogen-bond donors (Lipinski definition) is 2. The van der Waals surface area contributed by atoms with E-state index in [1.54, 1.807) is 4.90 Å². The highest BCUT2D eigenvalue weighted by Gasteiger charge is 2.42. The highest BCUT2D eigenvalue weighted by atomic mass is 16.4. The molecule has 2 fully saturated rings. The van der Waals surface area contributed by atoms with Gasteiger partial charge in [0.05, 0.1) is 5.92 Å². The molecule has 0 radical (unpaired) electrons. The largest absolute Gasteiger partial charge is 0.480 e. The third-order valence-corrected chi connectivity index (χ3v) is 3.25. The fourth-order valence-corrected chi connectivity index (χ4v) is 2.04. The van der Waals surface area contributed by atoms with Gasteiger partial charge < -0.3 is 15.3 Å². The van der Waals surface area contributed by atoms with Gasteiger partial charge in [0.15, 0.2) is 0 Å². The molecule has 2 aliphatic rings. The summed E-state index contributed by atoms with van der Waals surface area (Å²) in [4.78, 5) is 35.7. The lowest BCUT2D eigenvalue weighted by atomic mass is 10.1. The van der Waals surface area contributed by atoms with Crippen molar-refractivity contribution in [2.75, 3.05) is 6.54 Å². The van der Waals surface area contributed by atoms with E-state index in [0.717, 1.165) is 12.8 Å². The molecule has 1 saturated heterocycles. The first-order valence-electron chi connectivity index (χ1n) is 5.81. The Balaban J connectivity index is 1.88. The number of carboxylic acids is 1. The summed E-state index contributed by atoms with van der Waals surface area (Å²) in [5.74, 6) is -1.79. The van der Waals surface area contributed by atoms with Gasteiger partial charge in [0.2, 0.25) is 11.8 Å². The minimum Gasteiger partial charge on any atom is -0.480 e. The molecule has 94 valence electrons. The maximum absolute atomic E-state index is 11.7. The quantitative estimate of drug-likeness (QED) is 0.699. The molecule has 0 aromatic heterocycles. The Labute approximate surface area is 99.0 Å². The molecular weight excluding hydrogens is 224 g/mol. The first-order chi connectivity index (χ1) is 7.99. The molecule has 6 nitrogen and oxygen atoms in total. The predicted octanol–water partition coefficient (Wildman–Crippen LogP) is -0.413. The number of carboxylic acid groups (broad SMARTS) is 1. The molecule has 17 heavy (non-hydrogen) atoms. The lowest BCUT2D eigenvalue weighted by molar-refractivity contribution is -0.141. The number of hydrogen-bond acceptors (Lipinski definition) is 3. The van der Waals surface area contributed by atoms with Crippen LogP contribution in [0.5, 0.6) is 0 Å². The number of likely N-dealkylation sites (tertiary alicyclic amines) is 1. The maximum atomic E-state index is 11.7. The fourth-order valence-electron chi connectivity index (χ4n) is 2.04. The van der Waals surface area contributed by atoms with Crippen LogP contribution in [0, 0.1) is 5.92 Å². The summed E-state index contributed by atoms with van der Waals surface area (Å²) in [6, 6.07) is -0.593. The van der Waals surface area contributed by atoms with Gasteiger partial charge in [-0.05, 0) is 19.8 Å². The molecular formula is C11H16N2O4. The van der Waals surface area contributed by atoms with Crippen molar-refractivity contribution in [1.29, 1.82) is 0 Å². The van der Waals surface area contributed by atoms with E-state index < -0.39 is 17.9 Å². The van der Waals surface area contributed by atoms with Gasteiger partial charge in [0.1, 0.15) is 6.04 Å². The zero-order valence-electron chi connectivity index (χ0n) is 9.68. The van der Waals surface area contributed by atoms with E-state index in [1.165, 1.54) is 6.92 Å². The Kier molecular flexibility index (Phi) is 3.04. The van der Waals surface area contributed by atoms with Crippen LogP contribution in [-0.2, 0) is 14.4 Å². The van der Waals surface area contributed by atoms with Crippen LogP contribution in [0.2, 0.25) is 0 Å². The van der Waals surface area contributed by atoms with E-state index in [-0.39, 0.29) is 18.2 Å². The van der Waals surface area contributed by atoms with E-state index in [9.17, 15) is 14.4 Å². The van der Waals surface area contributed by atoms with E-state index in [1.807, 2.05) is 0 Å². The van der Waals surface area contributed by atoms with Gasteiger partial charge in [-0.1, -0.05) is 0 Å². The second kappa shape index (κ2) is 4.35. The van der Waals surface area contributed by atoms with Crippen LogP contribution in [0.15, 0.2) is 0 Å². The molecule has 6 heteroatoms. The van der Waals surface area contributed by atoms with Crippen LogP contribution in [0.25, 0.3) is 0 Å². The molecule has 1 saturated carbocycles. The highest BCUT2D eigenvalue weighted by molar-refractivity contribution is 5.91. The first-order valence-corrected chi connectivity index (χ1v) is 5.81. The maximum Gasteiger partial charge on any atom is 0.325 e. The summed E-state index contributed by atoms with van der Waals surface area (Å²) in [7, 11) is 0. The second-order valence-corrected chi connectivity index (χ2v) is 4.75. The van der Waals surface area contributed by atoms with Gasteiger partial charge in [-0.3, -0.25) is 14.4 Å². The molecule has 2 amide bonds. The number of rotatable bonds is 4. The molecule has 2 rings (SSSR count). The normalized spacial score (nSPS) is 25.8. The van der Waals surface area contributed by atoms with Crippen molar-refractivity contribution >= 4 is 17.8 Å². The molecule has 2 N–H and O–H groups in total. The average Bonchev–Trinajstić information content (AvgIpc) is 3.02. The first kappa shape index (κ1) is 11.9. The molecule has 0 spiro atoms. The van der Waals surface area contributed by atoms with Crippen molar-refractivity contribution in [3.05, 3.63) is 0 Å². The topological polar surface area (TPSA) is 86.7 Å². The van der Waals surface area contributed by atoms with Gasteiger partial charge in [-0.2, -0.15) is 0 Å². The van der Waals surface area contributed by atoms with E-state index in [2.05, 4.69) is 5.32 Å². The molecule has 1 aliphatic heterocycles. The number of nitrogens with one attached hydrogen (secondary N) is 1. The lowest BCUT2D eigenvalue weighted by Crippen LogP contribution is -2.42. The standard InChI is InChI=1S/C11H16N2O4/c1-6(11(16)17)12-10(15)7-4-9(14)13(5-7)8-2-3-8/h6-8H,2-5H2,1H3,(H,12,15)(H,16,17). The average molecular weight is 240 g/mol. The van der Waals surface area contributed by atoms with Gasteiger partial charge in [0, 0.05) is 19.0 Å². The van der Waals surface area contributed by atoms with Crippen LogP contribution in [0.4, 0.5) is 0 Å². The summed E-state index contributed by atoms with van der Waals surface area (Å²) < 4.78 is 0. The molecule has 0 bridgehead atoms. The summed E-state index contributed by atoms with van der Waals surface area (Å²) in [5.41, 5.74) is 0. The van der Waals surface area contributed by atoms with E-state index in [0.29, 0.717) is 12.6 Å². The molecule has 2 atom stereocenters. The number of carbonyl (C=O) groups excluding carboxylic acids is 2. The van der Waals surface area contributed by atoms with E-state index >= 15 is 0 Å². The third kappa shape index (κ3) is 2.57. The van der Waals surface area contributed by atoms with Crippen LogP contribution < -0.4 is 5.32 Å². The monoisotopic (exact) mass is 240 g/mol. The zero-order valence-corrected chi connectivity index (χ0v) is 9.68. The fraction of sp³-hybridized carbons (Fsp3) is 0.727. The Morgan fingerprint density at radius 3 is 2.65 bits per heavy atom. The summed E-state index contributed by atoms with van der Waals surface area (Å²) in [5, 5.41) is 11.1. The van der Waals surface area contributed by atoms with Crippen molar-refractivity contribution < 1.29 is 19.5 Å². The molecule has 0 aromatic rings. The second-order valence-electron chi connectivity index (χ2n) is 4.75. The van der Waals surface area contributed by atoms with Crippen molar-refractivity contribution in [1.82, 2.24) is 10.2 Å². The van der Waals surface area contributed by atoms with Gasteiger partial charge in [0.25, 0.3) is 0 Å². The zero-order chi connectivity index (χ0) is 12.6. The Hall–Kier alpha value is -1.59. The van der Waals surface area contributed by atoms with Crippen LogP contribution in [0.1, 0.15) is 26.2 Å². The summed E-state index contributed by atoms with van der Waals surface area (Å²) in [6.45, 7) is 1.84. The number of amides is 2. The van der Waals surface area contributed by atoms with Gasteiger partial charge in [-0.15, -0.1) is 0 Å². The van der Waals surface area contributed by atoms with Crippen LogP contribution >= 0.6 is 0 Å². The third-order valence-electron chi connectivity index (χ3n) is 3.25. The Morgan fingerprint density at radius 1 is 1.47 bits per heavy atom. The molecule has 2 unspecified atom stereocenters. The number of nitrogens with zero attached hydrogens (tertiary/aromatic N) is 1. The van der Waals surface area contributed by atoms with Gasteiger partial charge >= 0.3 is 5.97 Å². The highest BCUT2D eigenvalue weighted by Crippen LogP contribution is 2.32. The van der Waals surface area contributed by atoms with Gasteiger partial charge in [-0.25, -0.2) is 0 Å². The van der Waals surface area contributed by atoms with Crippen molar-refractivity contribution in [3.8, 4) is 0 Å². The summed E-state index contributed by atoms with van der Waals surface area (Å²) >= 11 is 0. The molecule has 1 heterocycles. The summed E-state index contributed by atoms with van der Waals surface area (Å²) in [6.07, 6.45) is 2.24. The van der Waals surface area contributed by atoms with E-state index in [4.69, 9.17) is 5.11 Å². The van der Waals surface area contributed by atoms with Crippen LogP contribution in [0.3, 0.4) is 0 Å². The molecule has 1 aliphatic carbocycles. The SMILES string of the molecule is CC(NC(=O)C1CC(=O)N(C2CC2)C1)C(=O)O. The van der Waals surface area contributed by atoms with Crippen LogP contribution in [-0.4, -0.2) is 46.4 Å². The number of carbonyl (C=O) groups is 3. The molecule has 0 aromatic carbocycles. The van der Waals surface area contributed by atoms with Crippen molar-refractivity contribution in [3.63, 3.8) is 0 Å². The predicted molar refractivity (Wildman–Crippen MR) is 58.1 cm³/mol. The van der Waals surface area contributed by atoms with Crippen molar-refractivity contribution in [2.45, 2.75) is 38.3 Å². The number of aliphatic carboxylic acids is 1. The Bertz CT molecular complexity index is 364. The van der Waals surface area contributed by atoms with Crippen molar-refractivity contribution in [2.24, 2.45) is 5.92 Å². The Morgan fingerprint density at radius 2 is 2.12 bits per heavy atom. The minimum atomic E-state index is -1.07. The minimum absolute atomic E-state index is 0.00984. The smallest absolute Gasteiger partial charge is 0.325 e.